The molecule has 1 saturated heterocycles. The van der Waals surface area contributed by atoms with Gasteiger partial charge >= 0.3 is 0 Å². The quantitative estimate of drug-likeness (QED) is 0.831. The maximum atomic E-state index is 12.2. The minimum Gasteiger partial charge on any atom is -0.497 e. The summed E-state index contributed by atoms with van der Waals surface area (Å²) in [6.07, 6.45) is 0.339. The van der Waals surface area contributed by atoms with Crippen molar-refractivity contribution in [3.63, 3.8) is 0 Å². The van der Waals surface area contributed by atoms with Gasteiger partial charge in [0.25, 0.3) is 5.24 Å². The fourth-order valence-electron chi connectivity index (χ4n) is 2.56. The average molecular weight is 336 g/mol. The molecule has 5 nitrogen and oxygen atoms in total. The Balaban J connectivity index is 1.92. The Bertz CT molecular complexity index is 545. The number of hydrogen-bond donors (Lipinski definition) is 1. The molecule has 0 radical (unpaired) electrons. The Labute approximate surface area is 141 Å². The first kappa shape index (κ1) is 17.7. The summed E-state index contributed by atoms with van der Waals surface area (Å²) in [4.78, 5) is 25.5. The van der Waals surface area contributed by atoms with E-state index in [2.05, 4.69) is 19.2 Å². The molecular weight excluding hydrogens is 312 g/mol. The van der Waals surface area contributed by atoms with E-state index in [4.69, 9.17) is 4.74 Å². The molecule has 1 aromatic carbocycles. The second-order valence-corrected chi connectivity index (χ2v) is 6.96. The van der Waals surface area contributed by atoms with E-state index in [0.717, 1.165) is 23.6 Å². The Morgan fingerprint density at radius 2 is 2.04 bits per heavy atom. The summed E-state index contributed by atoms with van der Waals surface area (Å²) in [6, 6.07) is 7.71. The number of nitrogens with zero attached hydrogens (tertiary/aromatic N) is 1. The van der Waals surface area contributed by atoms with Crippen molar-refractivity contribution < 1.29 is 14.3 Å². The minimum absolute atomic E-state index is 0.0239. The zero-order chi connectivity index (χ0) is 16.8. The minimum atomic E-state index is -0.0444. The monoisotopic (exact) mass is 336 g/mol. The first-order valence-electron chi connectivity index (χ1n) is 7.86. The van der Waals surface area contributed by atoms with E-state index in [-0.39, 0.29) is 23.1 Å². The molecular formula is C17H24N2O3S. The normalized spacial score (nSPS) is 15.8. The van der Waals surface area contributed by atoms with Gasteiger partial charge in [-0.3, -0.25) is 9.59 Å². The van der Waals surface area contributed by atoms with Crippen LogP contribution in [0, 0.1) is 5.92 Å². The molecule has 1 aliphatic heterocycles. The van der Waals surface area contributed by atoms with Crippen molar-refractivity contribution in [2.75, 3.05) is 26.0 Å². The molecule has 1 aromatic rings. The van der Waals surface area contributed by atoms with E-state index >= 15 is 0 Å². The molecule has 1 unspecified atom stereocenters. The van der Waals surface area contributed by atoms with Gasteiger partial charge < -0.3 is 15.0 Å². The van der Waals surface area contributed by atoms with E-state index in [1.165, 1.54) is 11.8 Å². The molecule has 0 aliphatic carbocycles. The van der Waals surface area contributed by atoms with E-state index in [0.29, 0.717) is 13.0 Å². The molecule has 0 bridgehead atoms. The molecule has 1 atom stereocenters. The molecule has 0 spiro atoms. The lowest BCUT2D eigenvalue weighted by Gasteiger charge is -2.24. The van der Waals surface area contributed by atoms with Gasteiger partial charge in [0.05, 0.1) is 13.2 Å². The Kier molecular flexibility index (Phi) is 6.33. The number of carbonyl (C=O) groups excluding carboxylic acids is 2. The topological polar surface area (TPSA) is 58.6 Å². The van der Waals surface area contributed by atoms with Crippen LogP contribution in [0.1, 0.15) is 31.9 Å². The predicted octanol–water partition coefficient (Wildman–Crippen LogP) is 3.07. The van der Waals surface area contributed by atoms with E-state index in [1.807, 2.05) is 24.3 Å². The highest BCUT2D eigenvalue weighted by Gasteiger charge is 2.23. The Morgan fingerprint density at radius 3 is 2.57 bits per heavy atom. The summed E-state index contributed by atoms with van der Waals surface area (Å²) >= 11 is 1.32. The SMILES string of the molecule is COc1ccc(C(NC(=O)CCN2CCSC2=O)C(C)C)cc1. The zero-order valence-corrected chi connectivity index (χ0v) is 14.7. The van der Waals surface area contributed by atoms with Crippen LogP contribution in [0.4, 0.5) is 4.79 Å². The van der Waals surface area contributed by atoms with Crippen molar-refractivity contribution in [2.45, 2.75) is 26.3 Å². The smallest absolute Gasteiger partial charge is 0.281 e. The number of nitrogens with one attached hydrogen (secondary N) is 1. The van der Waals surface area contributed by atoms with Gasteiger partial charge in [0, 0.05) is 25.3 Å². The third-order valence-corrected chi connectivity index (χ3v) is 4.80. The van der Waals surface area contributed by atoms with Gasteiger partial charge in [-0.25, -0.2) is 0 Å². The highest BCUT2D eigenvalue weighted by atomic mass is 32.2. The molecule has 2 rings (SSSR count). The maximum absolute atomic E-state index is 12.2. The van der Waals surface area contributed by atoms with Gasteiger partial charge in [-0.15, -0.1) is 0 Å². The molecule has 1 fully saturated rings. The second-order valence-electron chi connectivity index (χ2n) is 5.91. The van der Waals surface area contributed by atoms with Crippen LogP contribution >= 0.6 is 11.8 Å². The number of methoxy groups -OCH3 is 1. The fraction of sp³-hybridized carbons (Fsp3) is 0.529. The van der Waals surface area contributed by atoms with Crippen LogP contribution in [0.25, 0.3) is 0 Å². The van der Waals surface area contributed by atoms with Gasteiger partial charge in [0.2, 0.25) is 5.91 Å². The van der Waals surface area contributed by atoms with E-state index < -0.39 is 0 Å². The standard InChI is InChI=1S/C17H24N2O3S/c1-12(2)16(13-4-6-14(22-3)7-5-13)18-15(20)8-9-19-10-11-23-17(19)21/h4-7,12,16H,8-11H2,1-3H3,(H,18,20). The van der Waals surface area contributed by atoms with Crippen molar-refractivity contribution in [1.82, 2.24) is 10.2 Å². The highest BCUT2D eigenvalue weighted by Crippen LogP contribution is 2.24. The number of rotatable bonds is 7. The summed E-state index contributed by atoms with van der Waals surface area (Å²) in [5.74, 6) is 1.87. The van der Waals surface area contributed by atoms with Crippen molar-refractivity contribution >= 4 is 22.9 Å². The van der Waals surface area contributed by atoms with Gasteiger partial charge in [0.15, 0.2) is 0 Å². The Hall–Kier alpha value is -1.69. The van der Waals surface area contributed by atoms with Crippen molar-refractivity contribution in [1.29, 1.82) is 0 Å². The number of ether oxygens (including phenoxy) is 1. The maximum Gasteiger partial charge on any atom is 0.281 e. The molecule has 23 heavy (non-hydrogen) atoms. The van der Waals surface area contributed by atoms with Crippen LogP contribution in [-0.4, -0.2) is 42.0 Å². The Morgan fingerprint density at radius 1 is 1.35 bits per heavy atom. The number of carbonyl (C=O) groups is 2. The molecule has 0 saturated carbocycles. The zero-order valence-electron chi connectivity index (χ0n) is 13.9. The lowest BCUT2D eigenvalue weighted by Crippen LogP contribution is -2.35. The van der Waals surface area contributed by atoms with Crippen molar-refractivity contribution in [3.8, 4) is 5.75 Å². The second kappa shape index (κ2) is 8.24. The third kappa shape index (κ3) is 4.89. The molecule has 1 aliphatic rings. The van der Waals surface area contributed by atoms with Gasteiger partial charge in [-0.2, -0.15) is 0 Å². The molecule has 6 heteroatoms. The fourth-order valence-corrected chi connectivity index (χ4v) is 3.41. The van der Waals surface area contributed by atoms with Crippen molar-refractivity contribution in [2.24, 2.45) is 5.92 Å². The highest BCUT2D eigenvalue weighted by molar-refractivity contribution is 8.13. The number of amides is 2. The summed E-state index contributed by atoms with van der Waals surface area (Å²) < 4.78 is 5.17. The van der Waals surface area contributed by atoms with Crippen LogP contribution in [0.3, 0.4) is 0 Å². The van der Waals surface area contributed by atoms with Gasteiger partial charge in [0.1, 0.15) is 5.75 Å². The molecule has 0 aromatic heterocycles. The summed E-state index contributed by atoms with van der Waals surface area (Å²) in [7, 11) is 1.63. The third-order valence-electron chi connectivity index (χ3n) is 3.91. The molecule has 126 valence electrons. The van der Waals surface area contributed by atoms with Crippen LogP contribution < -0.4 is 10.1 Å². The van der Waals surface area contributed by atoms with E-state index in [9.17, 15) is 9.59 Å². The molecule has 1 N–H and O–H groups in total. The van der Waals surface area contributed by atoms with Gasteiger partial charge in [-0.05, 0) is 23.6 Å². The van der Waals surface area contributed by atoms with Crippen LogP contribution in [0.5, 0.6) is 5.75 Å². The summed E-state index contributed by atoms with van der Waals surface area (Å²) in [5.41, 5.74) is 1.06. The van der Waals surface area contributed by atoms with Crippen molar-refractivity contribution in [3.05, 3.63) is 29.8 Å². The lowest BCUT2D eigenvalue weighted by atomic mass is 9.96. The first-order chi connectivity index (χ1) is 11.0. The van der Waals surface area contributed by atoms with Crippen LogP contribution in [0.15, 0.2) is 24.3 Å². The van der Waals surface area contributed by atoms with E-state index in [1.54, 1.807) is 12.0 Å². The summed E-state index contributed by atoms with van der Waals surface area (Å²) in [6.45, 7) is 5.39. The number of thioether (sulfide) groups is 1. The van der Waals surface area contributed by atoms with Gasteiger partial charge in [-0.1, -0.05) is 37.7 Å². The first-order valence-corrected chi connectivity index (χ1v) is 8.85. The summed E-state index contributed by atoms with van der Waals surface area (Å²) in [5, 5.41) is 3.16. The number of benzene rings is 1. The van der Waals surface area contributed by atoms with Crippen LogP contribution in [-0.2, 0) is 4.79 Å². The average Bonchev–Trinajstić information content (AvgIpc) is 2.95. The van der Waals surface area contributed by atoms with Crippen LogP contribution in [0.2, 0.25) is 0 Å². The predicted molar refractivity (Wildman–Crippen MR) is 92.8 cm³/mol. The molecule has 2 amide bonds. The largest absolute Gasteiger partial charge is 0.497 e. The number of hydrogen-bond acceptors (Lipinski definition) is 4. The molecule has 1 heterocycles. The lowest BCUT2D eigenvalue weighted by molar-refractivity contribution is -0.122.